The number of hydrogen-bond donors (Lipinski definition) is 0. The van der Waals surface area contributed by atoms with E-state index in [2.05, 4.69) is 43.4 Å². The fraction of sp³-hybridized carbons (Fsp3) is 0.417. The van der Waals surface area contributed by atoms with Gasteiger partial charge in [0.05, 0.1) is 0 Å². The van der Waals surface area contributed by atoms with E-state index in [-0.39, 0.29) is 5.82 Å². The first kappa shape index (κ1) is 17.9. The molecule has 0 spiro atoms. The van der Waals surface area contributed by atoms with E-state index < -0.39 is 0 Å². The molecule has 0 unspecified atom stereocenters. The molecular weight excluding hydrogens is 307 g/mol. The van der Waals surface area contributed by atoms with Crippen molar-refractivity contribution in [1.29, 1.82) is 0 Å². The average molecular weight is 336 g/mol. The normalized spacial score (nSPS) is 21.6. The summed E-state index contributed by atoms with van der Waals surface area (Å²) >= 11 is 0. The molecule has 0 N–H and O–H groups in total. The first-order valence-electron chi connectivity index (χ1n) is 9.68. The van der Waals surface area contributed by atoms with E-state index in [4.69, 9.17) is 0 Å². The maximum Gasteiger partial charge on any atom is 0.134 e. The highest BCUT2D eigenvalue weighted by molar-refractivity contribution is 5.84. The largest absolute Gasteiger partial charge is 0.206 e. The highest BCUT2D eigenvalue weighted by Gasteiger charge is 2.21. The van der Waals surface area contributed by atoms with E-state index in [1.165, 1.54) is 31.2 Å². The number of aryl methyl sites for hydroxylation is 1. The summed E-state index contributed by atoms with van der Waals surface area (Å²) < 4.78 is 14.8. The third-order valence-electron chi connectivity index (χ3n) is 5.58. The molecule has 1 heteroatoms. The predicted octanol–water partition coefficient (Wildman–Crippen LogP) is 7.34. The van der Waals surface area contributed by atoms with Crippen LogP contribution in [0.15, 0.2) is 54.6 Å². The second kappa shape index (κ2) is 8.47. The maximum absolute atomic E-state index is 14.8. The molecule has 1 aliphatic rings. The molecule has 0 amide bonds. The molecule has 1 aliphatic carbocycles. The summed E-state index contributed by atoms with van der Waals surface area (Å²) in [5.74, 6) is 1.34. The molecule has 1 fully saturated rings. The molecule has 2 aromatic carbocycles. The van der Waals surface area contributed by atoms with Gasteiger partial charge < -0.3 is 0 Å². The van der Waals surface area contributed by atoms with Crippen molar-refractivity contribution in [3.05, 3.63) is 71.6 Å². The Bertz CT molecular complexity index is 761. The third-order valence-corrected chi connectivity index (χ3v) is 5.58. The molecular formula is C24H29F. The minimum absolute atomic E-state index is 0.0367. The molecule has 0 radical (unpaired) electrons. The van der Waals surface area contributed by atoms with Crippen LogP contribution in [0.1, 0.15) is 63.0 Å². The van der Waals surface area contributed by atoms with Crippen LogP contribution in [-0.2, 0) is 6.42 Å². The van der Waals surface area contributed by atoms with Crippen molar-refractivity contribution < 1.29 is 4.39 Å². The van der Waals surface area contributed by atoms with Gasteiger partial charge in [0.1, 0.15) is 5.82 Å². The van der Waals surface area contributed by atoms with Crippen molar-refractivity contribution >= 4 is 10.8 Å². The standard InChI is InChI=1S/C24H29F/c1-3-5-6-8-20-13-14-22-17-21(15-16-23(22)24(20)25)19-11-9-18(7-4-2)10-12-19/h3-5,7,13-19H,6,8-12H2,1-2H3/b5-3+,7-4+. The third kappa shape index (κ3) is 4.21. The number of halogens is 1. The highest BCUT2D eigenvalue weighted by atomic mass is 19.1. The number of rotatable bonds is 5. The second-order valence-corrected chi connectivity index (χ2v) is 7.26. The Hall–Kier alpha value is -1.89. The van der Waals surface area contributed by atoms with Gasteiger partial charge in [0.25, 0.3) is 0 Å². The van der Waals surface area contributed by atoms with Crippen molar-refractivity contribution in [2.45, 2.75) is 58.3 Å². The molecule has 2 aromatic rings. The van der Waals surface area contributed by atoms with Gasteiger partial charge in [-0.25, -0.2) is 4.39 Å². The fourth-order valence-corrected chi connectivity index (χ4v) is 4.13. The number of fused-ring (bicyclic) bond motifs is 1. The summed E-state index contributed by atoms with van der Waals surface area (Å²) in [5, 5.41) is 1.81. The minimum Gasteiger partial charge on any atom is -0.206 e. The lowest BCUT2D eigenvalue weighted by Crippen LogP contribution is -2.11. The number of allylic oxidation sites excluding steroid dienone is 4. The lowest BCUT2D eigenvalue weighted by atomic mass is 9.78. The van der Waals surface area contributed by atoms with Crippen LogP contribution in [0.5, 0.6) is 0 Å². The van der Waals surface area contributed by atoms with Crippen LogP contribution in [0.2, 0.25) is 0 Å². The van der Waals surface area contributed by atoms with Crippen molar-refractivity contribution in [2.75, 3.05) is 0 Å². The Kier molecular flexibility index (Phi) is 6.07. The van der Waals surface area contributed by atoms with Crippen molar-refractivity contribution in [3.8, 4) is 0 Å². The Morgan fingerprint density at radius 1 is 1.00 bits per heavy atom. The summed E-state index contributed by atoms with van der Waals surface area (Å²) in [6, 6.07) is 10.4. The van der Waals surface area contributed by atoms with Crippen LogP contribution >= 0.6 is 0 Å². The van der Waals surface area contributed by atoms with Gasteiger partial charge in [-0.1, -0.05) is 54.6 Å². The van der Waals surface area contributed by atoms with Gasteiger partial charge in [-0.2, -0.15) is 0 Å². The molecule has 0 aliphatic heterocycles. The van der Waals surface area contributed by atoms with E-state index in [1.54, 1.807) is 0 Å². The van der Waals surface area contributed by atoms with Crippen LogP contribution in [0.25, 0.3) is 10.8 Å². The van der Waals surface area contributed by atoms with Gasteiger partial charge in [0.15, 0.2) is 0 Å². The van der Waals surface area contributed by atoms with Crippen molar-refractivity contribution in [2.24, 2.45) is 5.92 Å². The molecule has 0 aromatic heterocycles. The molecule has 0 bridgehead atoms. The summed E-state index contributed by atoms with van der Waals surface area (Å²) in [4.78, 5) is 0. The van der Waals surface area contributed by atoms with E-state index >= 15 is 0 Å². The summed E-state index contributed by atoms with van der Waals surface area (Å²) in [7, 11) is 0. The van der Waals surface area contributed by atoms with Gasteiger partial charge in [0.2, 0.25) is 0 Å². The Balaban J connectivity index is 1.78. The zero-order valence-corrected chi connectivity index (χ0v) is 15.5. The monoisotopic (exact) mass is 336 g/mol. The maximum atomic E-state index is 14.8. The van der Waals surface area contributed by atoms with Gasteiger partial charge in [-0.3, -0.25) is 0 Å². The summed E-state index contributed by atoms with van der Waals surface area (Å²) in [5.41, 5.74) is 2.21. The molecule has 3 rings (SSSR count). The lowest BCUT2D eigenvalue weighted by molar-refractivity contribution is 0.376. The molecule has 0 heterocycles. The van der Waals surface area contributed by atoms with Crippen molar-refractivity contribution in [3.63, 3.8) is 0 Å². The van der Waals surface area contributed by atoms with Gasteiger partial charge in [0, 0.05) is 5.39 Å². The Morgan fingerprint density at radius 3 is 2.52 bits per heavy atom. The second-order valence-electron chi connectivity index (χ2n) is 7.26. The zero-order chi connectivity index (χ0) is 17.6. The number of hydrogen-bond acceptors (Lipinski definition) is 0. The predicted molar refractivity (Wildman–Crippen MR) is 107 cm³/mol. The highest BCUT2D eigenvalue weighted by Crippen LogP contribution is 2.37. The fourth-order valence-electron chi connectivity index (χ4n) is 4.13. The summed E-state index contributed by atoms with van der Waals surface area (Å²) in [6.07, 6.45) is 15.3. The van der Waals surface area contributed by atoms with Crippen molar-refractivity contribution in [1.82, 2.24) is 0 Å². The zero-order valence-electron chi connectivity index (χ0n) is 15.5. The van der Waals surface area contributed by atoms with Gasteiger partial charge in [-0.15, -0.1) is 0 Å². The minimum atomic E-state index is -0.0367. The van der Waals surface area contributed by atoms with Crippen LogP contribution in [-0.4, -0.2) is 0 Å². The van der Waals surface area contributed by atoms with Crippen LogP contribution in [0, 0.1) is 11.7 Å². The molecule has 0 saturated heterocycles. The molecule has 0 nitrogen and oxygen atoms in total. The smallest absolute Gasteiger partial charge is 0.134 e. The lowest BCUT2D eigenvalue weighted by Gasteiger charge is -2.27. The van der Waals surface area contributed by atoms with E-state index in [0.717, 1.165) is 35.1 Å². The molecule has 1 saturated carbocycles. The Morgan fingerprint density at radius 2 is 1.80 bits per heavy atom. The van der Waals surface area contributed by atoms with Crippen LogP contribution < -0.4 is 0 Å². The first-order valence-corrected chi connectivity index (χ1v) is 9.68. The van der Waals surface area contributed by atoms with Crippen LogP contribution in [0.3, 0.4) is 0 Å². The topological polar surface area (TPSA) is 0 Å². The van der Waals surface area contributed by atoms with E-state index in [0.29, 0.717) is 5.92 Å². The van der Waals surface area contributed by atoms with Gasteiger partial charge in [-0.05, 0) is 80.7 Å². The summed E-state index contributed by atoms with van der Waals surface area (Å²) in [6.45, 7) is 4.11. The first-order chi connectivity index (χ1) is 12.2. The molecule has 0 atom stereocenters. The molecule has 132 valence electrons. The SMILES string of the molecule is C/C=C/CCc1ccc2cc(C3CCC(/C=C/C)CC3)ccc2c1F. The van der Waals surface area contributed by atoms with Gasteiger partial charge >= 0.3 is 0 Å². The Labute approximate surface area is 151 Å². The van der Waals surface area contributed by atoms with Crippen LogP contribution in [0.4, 0.5) is 4.39 Å². The number of benzene rings is 2. The quantitative estimate of drug-likeness (QED) is 0.501. The molecule has 25 heavy (non-hydrogen) atoms. The average Bonchev–Trinajstić information content (AvgIpc) is 2.64. The van der Waals surface area contributed by atoms with E-state index in [1.807, 2.05) is 25.1 Å². The van der Waals surface area contributed by atoms with E-state index in [9.17, 15) is 4.39 Å².